The molecule has 0 bridgehead atoms. The molecular formula is C5H4BrN3O4S. The minimum Gasteiger partial charge on any atom is -0.358 e. The topological polar surface area (TPSA) is 116 Å². The van der Waals surface area contributed by atoms with Crippen LogP contribution in [0.1, 0.15) is 0 Å². The molecule has 0 saturated heterocycles. The third-order valence-corrected chi connectivity index (χ3v) is 3.01. The second kappa shape index (κ2) is 3.59. The Morgan fingerprint density at radius 3 is 2.50 bits per heavy atom. The highest BCUT2D eigenvalue weighted by molar-refractivity contribution is 9.10. The van der Waals surface area contributed by atoms with Crippen molar-refractivity contribution in [2.45, 2.75) is 5.03 Å². The van der Waals surface area contributed by atoms with Gasteiger partial charge in [0.25, 0.3) is 15.0 Å². The quantitative estimate of drug-likeness (QED) is 0.622. The lowest BCUT2D eigenvalue weighted by Gasteiger charge is -1.96. The highest BCUT2D eigenvalue weighted by Crippen LogP contribution is 2.21. The van der Waals surface area contributed by atoms with E-state index in [1.807, 2.05) is 0 Å². The molecule has 0 saturated carbocycles. The van der Waals surface area contributed by atoms with E-state index in [1.165, 1.54) is 6.07 Å². The van der Waals surface area contributed by atoms with E-state index in [0.29, 0.717) is 0 Å². The van der Waals surface area contributed by atoms with Crippen molar-refractivity contribution in [3.8, 4) is 0 Å². The van der Waals surface area contributed by atoms with Gasteiger partial charge in [-0.15, -0.1) is 0 Å². The van der Waals surface area contributed by atoms with E-state index in [2.05, 4.69) is 20.9 Å². The van der Waals surface area contributed by atoms with Gasteiger partial charge in [-0.25, -0.2) is 13.6 Å². The minimum absolute atomic E-state index is 0.0885. The van der Waals surface area contributed by atoms with Gasteiger partial charge in [0.15, 0.2) is 0 Å². The van der Waals surface area contributed by atoms with E-state index in [4.69, 9.17) is 5.14 Å². The van der Waals surface area contributed by atoms with Crippen LogP contribution in [0.15, 0.2) is 21.6 Å². The Hall–Kier alpha value is -1.06. The van der Waals surface area contributed by atoms with E-state index in [-0.39, 0.29) is 4.47 Å². The van der Waals surface area contributed by atoms with Crippen LogP contribution in [0.3, 0.4) is 0 Å². The summed E-state index contributed by atoms with van der Waals surface area (Å²) in [4.78, 5) is 12.8. The highest BCUT2D eigenvalue weighted by atomic mass is 79.9. The van der Waals surface area contributed by atoms with Gasteiger partial charge < -0.3 is 10.1 Å². The summed E-state index contributed by atoms with van der Waals surface area (Å²) < 4.78 is 21.9. The Bertz CT molecular complexity index is 486. The Balaban J connectivity index is 3.44. The number of hydrogen-bond donors (Lipinski definition) is 1. The van der Waals surface area contributed by atoms with Crippen molar-refractivity contribution in [2.75, 3.05) is 0 Å². The average Bonchev–Trinajstić information content (AvgIpc) is 2.02. The van der Waals surface area contributed by atoms with Crippen LogP contribution in [0.25, 0.3) is 0 Å². The van der Waals surface area contributed by atoms with Crippen molar-refractivity contribution in [1.82, 2.24) is 4.98 Å². The Morgan fingerprint density at radius 1 is 1.50 bits per heavy atom. The highest BCUT2D eigenvalue weighted by Gasteiger charge is 2.23. The first kappa shape index (κ1) is 11.0. The number of halogens is 1. The summed E-state index contributed by atoms with van der Waals surface area (Å²) >= 11 is 2.87. The van der Waals surface area contributed by atoms with Crippen LogP contribution in [0.4, 0.5) is 5.82 Å². The summed E-state index contributed by atoms with van der Waals surface area (Å²) in [7, 11) is -4.05. The molecule has 0 aliphatic carbocycles. The predicted molar refractivity (Wildman–Crippen MR) is 50.0 cm³/mol. The minimum atomic E-state index is -4.05. The van der Waals surface area contributed by atoms with E-state index < -0.39 is 25.8 Å². The van der Waals surface area contributed by atoms with Gasteiger partial charge in [0.05, 0.1) is 4.47 Å². The summed E-state index contributed by atoms with van der Waals surface area (Å²) in [5, 5.41) is 14.5. The molecule has 0 unspecified atom stereocenters. The Kier molecular flexibility index (Phi) is 2.83. The molecule has 1 rings (SSSR count). The van der Waals surface area contributed by atoms with Crippen LogP contribution >= 0.6 is 15.9 Å². The molecule has 76 valence electrons. The molecule has 0 aromatic carbocycles. The molecule has 1 aromatic heterocycles. The first-order valence-corrected chi connectivity index (χ1v) is 5.50. The van der Waals surface area contributed by atoms with Gasteiger partial charge in [-0.2, -0.15) is 0 Å². The standard InChI is InChI=1S/C5H4BrN3O4S/c6-3-1-2-4(9(10)11)8-5(3)14(7,12)13/h1-2H,(H2,7,12,13). The molecule has 0 radical (unpaired) electrons. The lowest BCUT2D eigenvalue weighted by Crippen LogP contribution is -2.15. The SMILES string of the molecule is NS(=O)(=O)c1nc([N+](=O)[O-])ccc1Br. The van der Waals surface area contributed by atoms with Gasteiger partial charge in [-0.3, -0.25) is 0 Å². The lowest BCUT2D eigenvalue weighted by atomic mass is 10.5. The van der Waals surface area contributed by atoms with Crippen molar-refractivity contribution in [1.29, 1.82) is 0 Å². The van der Waals surface area contributed by atoms with E-state index in [1.54, 1.807) is 0 Å². The number of sulfonamides is 1. The zero-order chi connectivity index (χ0) is 10.9. The molecule has 9 heteroatoms. The summed E-state index contributed by atoms with van der Waals surface area (Å²) in [6.07, 6.45) is 0. The Labute approximate surface area is 87.3 Å². The monoisotopic (exact) mass is 281 g/mol. The number of hydrogen-bond acceptors (Lipinski definition) is 5. The normalized spacial score (nSPS) is 11.3. The van der Waals surface area contributed by atoms with Crippen LogP contribution in [-0.2, 0) is 10.0 Å². The summed E-state index contributed by atoms with van der Waals surface area (Å²) in [5.74, 6) is -0.572. The first-order valence-electron chi connectivity index (χ1n) is 3.16. The number of nitro groups is 1. The molecule has 0 fully saturated rings. The molecule has 7 nitrogen and oxygen atoms in total. The zero-order valence-electron chi connectivity index (χ0n) is 6.55. The van der Waals surface area contributed by atoms with Gasteiger partial charge >= 0.3 is 5.82 Å². The fraction of sp³-hybridized carbons (Fsp3) is 0. The molecular weight excluding hydrogens is 278 g/mol. The summed E-state index contributed by atoms with van der Waals surface area (Å²) in [6, 6.07) is 2.27. The Morgan fingerprint density at radius 2 is 2.07 bits per heavy atom. The van der Waals surface area contributed by atoms with E-state index in [9.17, 15) is 18.5 Å². The number of rotatable bonds is 2. The summed E-state index contributed by atoms with van der Waals surface area (Å²) in [6.45, 7) is 0. The number of nitrogens with zero attached hydrogens (tertiary/aromatic N) is 2. The maximum Gasteiger partial charge on any atom is 0.365 e. The van der Waals surface area contributed by atoms with Crippen molar-refractivity contribution >= 4 is 31.8 Å². The van der Waals surface area contributed by atoms with Crippen LogP contribution in [0.2, 0.25) is 0 Å². The first-order chi connectivity index (χ1) is 6.32. The van der Waals surface area contributed by atoms with E-state index >= 15 is 0 Å². The predicted octanol–water partition coefficient (Wildman–Crippen LogP) is 0.400. The van der Waals surface area contributed by atoms with Crippen molar-refractivity contribution < 1.29 is 13.3 Å². The molecule has 0 aliphatic heterocycles. The van der Waals surface area contributed by atoms with Gasteiger partial charge in [0.1, 0.15) is 0 Å². The lowest BCUT2D eigenvalue weighted by molar-refractivity contribution is -0.390. The number of aromatic nitrogens is 1. The number of primary sulfonamides is 1. The smallest absolute Gasteiger partial charge is 0.358 e. The molecule has 1 heterocycles. The molecule has 0 spiro atoms. The van der Waals surface area contributed by atoms with Crippen molar-refractivity contribution in [3.05, 3.63) is 26.7 Å². The maximum absolute atomic E-state index is 10.9. The largest absolute Gasteiger partial charge is 0.365 e. The third-order valence-electron chi connectivity index (χ3n) is 1.26. The molecule has 0 aliphatic rings. The molecule has 14 heavy (non-hydrogen) atoms. The van der Waals surface area contributed by atoms with E-state index in [0.717, 1.165) is 6.07 Å². The number of pyridine rings is 1. The van der Waals surface area contributed by atoms with Gasteiger partial charge in [0, 0.05) is 6.07 Å². The molecule has 2 N–H and O–H groups in total. The van der Waals surface area contributed by atoms with Gasteiger partial charge in [-0.05, 0) is 31.9 Å². The van der Waals surface area contributed by atoms with Crippen molar-refractivity contribution in [3.63, 3.8) is 0 Å². The van der Waals surface area contributed by atoms with Gasteiger partial charge in [-0.1, -0.05) is 0 Å². The van der Waals surface area contributed by atoms with Crippen molar-refractivity contribution in [2.24, 2.45) is 5.14 Å². The maximum atomic E-state index is 10.9. The van der Waals surface area contributed by atoms with Crippen LogP contribution in [-0.4, -0.2) is 18.3 Å². The molecule has 0 atom stereocenters. The zero-order valence-corrected chi connectivity index (χ0v) is 8.95. The average molecular weight is 282 g/mol. The fourth-order valence-corrected chi connectivity index (χ4v) is 2.17. The van der Waals surface area contributed by atoms with Crippen LogP contribution in [0.5, 0.6) is 0 Å². The molecule has 0 amide bonds. The number of nitrogens with two attached hydrogens (primary N) is 1. The third kappa shape index (κ3) is 2.25. The second-order valence-corrected chi connectivity index (χ2v) is 4.59. The molecule has 1 aromatic rings. The van der Waals surface area contributed by atoms with Crippen LogP contribution < -0.4 is 5.14 Å². The second-order valence-electron chi connectivity index (χ2n) is 2.26. The summed E-state index contributed by atoms with van der Waals surface area (Å²) in [5.41, 5.74) is 0. The van der Waals surface area contributed by atoms with Crippen LogP contribution in [0, 0.1) is 10.1 Å². The van der Waals surface area contributed by atoms with Gasteiger partial charge in [0.2, 0.25) is 0 Å². The fourth-order valence-electron chi connectivity index (χ4n) is 0.715.